The van der Waals surface area contributed by atoms with Crippen molar-refractivity contribution in [2.24, 2.45) is 23.5 Å². The van der Waals surface area contributed by atoms with Gasteiger partial charge in [0.1, 0.15) is 18.1 Å². The summed E-state index contributed by atoms with van der Waals surface area (Å²) in [6.45, 7) is 10.5. The largest absolute Gasteiger partial charge is 0.481 e. The van der Waals surface area contributed by atoms with Gasteiger partial charge in [-0.3, -0.25) is 19.2 Å². The second-order valence-electron chi connectivity index (χ2n) is 8.83. The highest BCUT2D eigenvalue weighted by Crippen LogP contribution is 2.10. The van der Waals surface area contributed by atoms with Crippen LogP contribution in [-0.4, -0.2) is 64.0 Å². The number of carbonyl (C=O) groups is 5. The Labute approximate surface area is 188 Å². The summed E-state index contributed by atoms with van der Waals surface area (Å²) in [5.74, 6) is -5.40. The first kappa shape index (κ1) is 29.3. The second-order valence-corrected chi connectivity index (χ2v) is 8.83. The molecule has 11 nitrogen and oxygen atoms in total. The van der Waals surface area contributed by atoms with Gasteiger partial charge in [-0.05, 0) is 24.2 Å². The summed E-state index contributed by atoms with van der Waals surface area (Å²) in [5.41, 5.74) is 5.87. The molecule has 0 heterocycles. The van der Waals surface area contributed by atoms with Crippen molar-refractivity contribution in [3.05, 3.63) is 0 Å². The fraction of sp³-hybridized carbons (Fsp3) is 0.762. The number of hydrogen-bond donors (Lipinski definition) is 6. The Morgan fingerprint density at radius 3 is 1.72 bits per heavy atom. The van der Waals surface area contributed by atoms with Gasteiger partial charge in [-0.2, -0.15) is 0 Å². The van der Waals surface area contributed by atoms with Crippen LogP contribution in [-0.2, 0) is 24.0 Å². The molecule has 0 spiro atoms. The predicted octanol–water partition coefficient (Wildman–Crippen LogP) is 0.0756. The van der Waals surface area contributed by atoms with Gasteiger partial charge in [0, 0.05) is 0 Å². The van der Waals surface area contributed by atoms with Gasteiger partial charge in [0.2, 0.25) is 17.7 Å². The molecule has 0 aliphatic carbocycles. The molecule has 0 saturated heterocycles. The summed E-state index contributed by atoms with van der Waals surface area (Å²) in [6, 6.07) is -4.64. The molecule has 3 amide bonds. The van der Waals surface area contributed by atoms with Crippen LogP contribution in [0.5, 0.6) is 0 Å². The van der Waals surface area contributed by atoms with Crippen molar-refractivity contribution in [1.82, 2.24) is 16.0 Å². The van der Waals surface area contributed by atoms with E-state index in [-0.39, 0.29) is 18.3 Å². The van der Waals surface area contributed by atoms with Crippen LogP contribution in [0.2, 0.25) is 0 Å². The summed E-state index contributed by atoms with van der Waals surface area (Å²) in [7, 11) is 0. The minimum Gasteiger partial charge on any atom is -0.481 e. The number of carboxylic acid groups (broad SMARTS) is 2. The minimum atomic E-state index is -1.45. The van der Waals surface area contributed by atoms with Gasteiger partial charge in [0.25, 0.3) is 0 Å². The van der Waals surface area contributed by atoms with E-state index in [9.17, 15) is 29.1 Å². The lowest BCUT2D eigenvalue weighted by molar-refractivity contribution is -0.144. The van der Waals surface area contributed by atoms with Gasteiger partial charge in [0.05, 0.1) is 12.5 Å². The van der Waals surface area contributed by atoms with Crippen molar-refractivity contribution in [2.75, 3.05) is 0 Å². The van der Waals surface area contributed by atoms with Gasteiger partial charge in [-0.1, -0.05) is 48.0 Å². The van der Waals surface area contributed by atoms with Gasteiger partial charge in [0.15, 0.2) is 0 Å². The zero-order valence-corrected chi connectivity index (χ0v) is 19.7. The molecule has 0 fully saturated rings. The quantitative estimate of drug-likeness (QED) is 0.211. The Morgan fingerprint density at radius 2 is 1.31 bits per heavy atom. The number of amides is 3. The van der Waals surface area contributed by atoms with Crippen LogP contribution in [0.25, 0.3) is 0 Å². The normalized spacial score (nSPS) is 15.9. The number of nitrogens with two attached hydrogens (primary N) is 1. The number of carboxylic acids is 2. The van der Waals surface area contributed by atoms with Crippen molar-refractivity contribution in [2.45, 2.75) is 85.0 Å². The van der Waals surface area contributed by atoms with Crippen molar-refractivity contribution in [3.8, 4) is 0 Å². The number of rotatable bonds is 14. The highest BCUT2D eigenvalue weighted by atomic mass is 16.4. The van der Waals surface area contributed by atoms with E-state index in [0.29, 0.717) is 6.42 Å². The molecule has 5 unspecified atom stereocenters. The summed E-state index contributed by atoms with van der Waals surface area (Å²) in [4.78, 5) is 60.6. The average molecular weight is 459 g/mol. The van der Waals surface area contributed by atoms with Crippen LogP contribution in [0.3, 0.4) is 0 Å². The monoisotopic (exact) mass is 458 g/mol. The zero-order valence-electron chi connectivity index (χ0n) is 19.7. The van der Waals surface area contributed by atoms with E-state index in [1.54, 1.807) is 20.8 Å². The maximum atomic E-state index is 12.8. The molecule has 0 aromatic heterocycles. The van der Waals surface area contributed by atoms with Crippen LogP contribution < -0.4 is 21.7 Å². The van der Waals surface area contributed by atoms with Gasteiger partial charge < -0.3 is 31.9 Å². The number of aliphatic carboxylic acids is 2. The highest BCUT2D eigenvalue weighted by Gasteiger charge is 2.33. The lowest BCUT2D eigenvalue weighted by Gasteiger charge is -2.27. The topological polar surface area (TPSA) is 188 Å². The number of hydrogen-bond acceptors (Lipinski definition) is 6. The Balaban J connectivity index is 5.56. The van der Waals surface area contributed by atoms with E-state index < -0.39 is 66.2 Å². The van der Waals surface area contributed by atoms with Crippen molar-refractivity contribution < 1.29 is 34.2 Å². The Hall–Kier alpha value is -2.69. The lowest BCUT2D eigenvalue weighted by atomic mass is 9.98. The van der Waals surface area contributed by atoms with Gasteiger partial charge >= 0.3 is 11.9 Å². The maximum Gasteiger partial charge on any atom is 0.326 e. The van der Waals surface area contributed by atoms with E-state index in [2.05, 4.69) is 16.0 Å². The first-order chi connectivity index (χ1) is 14.7. The molecular formula is C21H38N4O7. The van der Waals surface area contributed by atoms with Gasteiger partial charge in [-0.25, -0.2) is 4.79 Å². The maximum absolute atomic E-state index is 12.8. The molecular weight excluding hydrogens is 420 g/mol. The molecule has 5 atom stereocenters. The fourth-order valence-corrected chi connectivity index (χ4v) is 2.91. The Morgan fingerprint density at radius 1 is 0.812 bits per heavy atom. The lowest BCUT2D eigenvalue weighted by Crippen LogP contribution is -2.58. The Kier molecular flexibility index (Phi) is 12.5. The molecule has 184 valence electrons. The molecule has 32 heavy (non-hydrogen) atoms. The highest BCUT2D eigenvalue weighted by molar-refractivity contribution is 5.95. The summed E-state index contributed by atoms with van der Waals surface area (Å²) in [5, 5.41) is 25.7. The van der Waals surface area contributed by atoms with Crippen LogP contribution in [0.1, 0.15) is 60.8 Å². The standard InChI is InChI=1S/C21H38N4O7/c1-7-12(6)16(22)20(30)24-14(9-15(26)27)18(28)23-13(8-10(2)3)19(29)25-17(11(4)5)21(31)32/h10-14,16-17H,7-9,22H2,1-6H3,(H,23,28)(H,24,30)(H,25,29)(H,26,27)(H,31,32). The van der Waals surface area contributed by atoms with E-state index in [0.717, 1.165) is 0 Å². The Bertz CT molecular complexity index is 681. The zero-order chi connectivity index (χ0) is 25.2. The second kappa shape index (κ2) is 13.7. The third-order valence-electron chi connectivity index (χ3n) is 5.14. The summed E-state index contributed by atoms with van der Waals surface area (Å²) < 4.78 is 0. The van der Waals surface area contributed by atoms with E-state index in [4.69, 9.17) is 10.8 Å². The third kappa shape index (κ3) is 10.1. The van der Waals surface area contributed by atoms with Crippen LogP contribution in [0, 0.1) is 17.8 Å². The summed E-state index contributed by atoms with van der Waals surface area (Å²) in [6.07, 6.45) is 0.0916. The first-order valence-corrected chi connectivity index (χ1v) is 10.8. The van der Waals surface area contributed by atoms with Gasteiger partial charge in [-0.15, -0.1) is 0 Å². The fourth-order valence-electron chi connectivity index (χ4n) is 2.91. The molecule has 0 saturated carbocycles. The van der Waals surface area contributed by atoms with Crippen LogP contribution in [0.4, 0.5) is 0 Å². The van der Waals surface area contributed by atoms with E-state index in [1.165, 1.54) is 0 Å². The van der Waals surface area contributed by atoms with E-state index >= 15 is 0 Å². The molecule has 0 aromatic rings. The smallest absolute Gasteiger partial charge is 0.326 e. The molecule has 0 aromatic carbocycles. The van der Waals surface area contributed by atoms with Crippen molar-refractivity contribution in [3.63, 3.8) is 0 Å². The molecule has 11 heteroatoms. The van der Waals surface area contributed by atoms with Crippen molar-refractivity contribution >= 4 is 29.7 Å². The van der Waals surface area contributed by atoms with Crippen LogP contribution in [0.15, 0.2) is 0 Å². The molecule has 0 aliphatic rings. The molecule has 7 N–H and O–H groups in total. The SMILES string of the molecule is CCC(C)C(N)C(=O)NC(CC(=O)O)C(=O)NC(CC(C)C)C(=O)NC(C(=O)O)C(C)C. The van der Waals surface area contributed by atoms with E-state index in [1.807, 2.05) is 20.8 Å². The molecule has 0 bridgehead atoms. The third-order valence-corrected chi connectivity index (χ3v) is 5.14. The molecule has 0 rings (SSSR count). The number of carbonyl (C=O) groups excluding carboxylic acids is 3. The predicted molar refractivity (Wildman–Crippen MR) is 117 cm³/mol. The average Bonchev–Trinajstić information content (AvgIpc) is 2.68. The van der Waals surface area contributed by atoms with Crippen molar-refractivity contribution in [1.29, 1.82) is 0 Å². The molecule has 0 radical (unpaired) electrons. The first-order valence-electron chi connectivity index (χ1n) is 10.8. The number of nitrogens with one attached hydrogen (secondary N) is 3. The summed E-state index contributed by atoms with van der Waals surface area (Å²) >= 11 is 0. The van der Waals surface area contributed by atoms with Crippen LogP contribution >= 0.6 is 0 Å². The molecule has 0 aliphatic heterocycles. The minimum absolute atomic E-state index is 0.0419.